The summed E-state index contributed by atoms with van der Waals surface area (Å²) in [5, 5.41) is 9.51. The third-order valence-electron chi connectivity index (χ3n) is 3.84. The Kier molecular flexibility index (Phi) is 8.25. The zero-order chi connectivity index (χ0) is 15.0. The standard InChI is InChI=1S/C13H26BNO3S2/c1-3-11(2)13(16)19-14-15-20(17,18)12-9-7-5-4-6-8-10-12/h3,12-16H,4-10H2,1-2H3. The molecule has 1 rings (SSSR count). The van der Waals surface area contributed by atoms with E-state index < -0.39 is 15.5 Å². The summed E-state index contributed by atoms with van der Waals surface area (Å²) in [7, 11) is -3.25. The van der Waals surface area contributed by atoms with Crippen molar-refractivity contribution >= 4 is 28.3 Å². The van der Waals surface area contributed by atoms with Crippen molar-refractivity contribution in [1.82, 2.24) is 4.63 Å². The van der Waals surface area contributed by atoms with Gasteiger partial charge in [-0.15, -0.1) is 0 Å². The summed E-state index contributed by atoms with van der Waals surface area (Å²) in [6.07, 6.45) is 8.86. The maximum atomic E-state index is 12.3. The van der Waals surface area contributed by atoms with Crippen LogP contribution in [0.4, 0.5) is 0 Å². The van der Waals surface area contributed by atoms with Gasteiger partial charge in [0.15, 0.2) is 0 Å². The summed E-state index contributed by atoms with van der Waals surface area (Å²) < 4.78 is 27.1. The topological polar surface area (TPSA) is 66.4 Å². The van der Waals surface area contributed by atoms with Crippen molar-refractivity contribution in [3.63, 3.8) is 0 Å². The average molecular weight is 319 g/mol. The molecule has 0 amide bonds. The lowest BCUT2D eigenvalue weighted by Crippen LogP contribution is -2.36. The summed E-state index contributed by atoms with van der Waals surface area (Å²) in [6.45, 7) is 3.92. The molecule has 0 spiro atoms. The Morgan fingerprint density at radius 3 is 2.40 bits per heavy atom. The quantitative estimate of drug-likeness (QED) is 0.448. The lowest BCUT2D eigenvalue weighted by molar-refractivity contribution is 0.299. The Bertz CT molecular complexity index is 404. The monoisotopic (exact) mass is 319 g/mol. The summed E-state index contributed by atoms with van der Waals surface area (Å²) in [4.78, 5) is 0. The van der Waals surface area contributed by atoms with E-state index in [4.69, 9.17) is 0 Å². The maximum Gasteiger partial charge on any atom is 0.289 e. The number of rotatable bonds is 6. The number of allylic oxidation sites excluding steroid dienone is 1. The molecular formula is C13H26BNO3S2. The summed E-state index contributed by atoms with van der Waals surface area (Å²) in [6, 6.07) is 0. The van der Waals surface area contributed by atoms with Crippen LogP contribution in [0.2, 0.25) is 0 Å². The van der Waals surface area contributed by atoms with Gasteiger partial charge in [-0.1, -0.05) is 38.2 Å². The number of sulfonamides is 1. The average Bonchev–Trinajstić information content (AvgIpc) is 2.36. The number of nitrogens with one attached hydrogen (secondary N) is 1. The number of aliphatic hydroxyl groups is 1. The Hall–Kier alpha value is 0.0249. The van der Waals surface area contributed by atoms with Gasteiger partial charge in [0.1, 0.15) is 5.44 Å². The van der Waals surface area contributed by atoms with Crippen LogP contribution in [-0.4, -0.2) is 30.9 Å². The van der Waals surface area contributed by atoms with E-state index >= 15 is 0 Å². The van der Waals surface area contributed by atoms with E-state index in [0.717, 1.165) is 44.1 Å². The molecular weight excluding hydrogens is 293 g/mol. The predicted octanol–water partition coefficient (Wildman–Crippen LogP) is 2.30. The molecule has 1 aliphatic carbocycles. The van der Waals surface area contributed by atoms with Gasteiger partial charge in [0, 0.05) is 0 Å². The van der Waals surface area contributed by atoms with Crippen LogP contribution >= 0.6 is 11.6 Å². The van der Waals surface area contributed by atoms with Crippen LogP contribution in [-0.2, 0) is 10.0 Å². The van der Waals surface area contributed by atoms with Gasteiger partial charge in [0.2, 0.25) is 10.0 Å². The highest BCUT2D eigenvalue weighted by Crippen LogP contribution is 2.22. The Morgan fingerprint density at radius 2 is 1.85 bits per heavy atom. The lowest BCUT2D eigenvalue weighted by Gasteiger charge is -2.20. The molecule has 1 saturated carbocycles. The molecule has 1 aliphatic rings. The second-order valence-electron chi connectivity index (χ2n) is 5.35. The molecule has 0 aromatic rings. The Balaban J connectivity index is 2.43. The molecule has 2 N–H and O–H groups in total. The third kappa shape index (κ3) is 6.20. The molecule has 1 unspecified atom stereocenters. The molecule has 0 heterocycles. The van der Waals surface area contributed by atoms with E-state index in [2.05, 4.69) is 4.63 Å². The van der Waals surface area contributed by atoms with Crippen molar-refractivity contribution in [3.05, 3.63) is 11.6 Å². The molecule has 4 nitrogen and oxygen atoms in total. The molecule has 20 heavy (non-hydrogen) atoms. The van der Waals surface area contributed by atoms with E-state index in [-0.39, 0.29) is 11.9 Å². The van der Waals surface area contributed by atoms with E-state index in [0.29, 0.717) is 0 Å². The highest BCUT2D eigenvalue weighted by Gasteiger charge is 2.25. The zero-order valence-corrected chi connectivity index (χ0v) is 14.1. The number of hydrogen-bond donors (Lipinski definition) is 2. The van der Waals surface area contributed by atoms with Gasteiger partial charge in [-0.2, -0.15) is 11.6 Å². The third-order valence-corrected chi connectivity index (χ3v) is 6.91. The van der Waals surface area contributed by atoms with Crippen molar-refractivity contribution in [3.8, 4) is 0 Å². The van der Waals surface area contributed by atoms with Gasteiger partial charge in [0.05, 0.1) is 5.25 Å². The molecule has 116 valence electrons. The van der Waals surface area contributed by atoms with Gasteiger partial charge in [-0.25, -0.2) is 13.1 Å². The fourth-order valence-electron chi connectivity index (χ4n) is 2.32. The molecule has 0 radical (unpaired) electrons. The lowest BCUT2D eigenvalue weighted by atomic mass is 10.0. The SMILES string of the molecule is CC=C(C)C(O)SBNS(=O)(=O)C1CCCCCCC1. The Morgan fingerprint density at radius 1 is 1.30 bits per heavy atom. The van der Waals surface area contributed by atoms with Crippen LogP contribution < -0.4 is 4.63 Å². The molecule has 1 atom stereocenters. The van der Waals surface area contributed by atoms with E-state index in [9.17, 15) is 13.5 Å². The fourth-order valence-corrected chi connectivity index (χ4v) is 4.99. The molecule has 0 saturated heterocycles. The van der Waals surface area contributed by atoms with Crippen molar-refractivity contribution < 1.29 is 13.5 Å². The number of hydrogen-bond acceptors (Lipinski definition) is 4. The summed E-state index contributed by atoms with van der Waals surface area (Å²) in [5.74, 6) is 0. The largest absolute Gasteiger partial charge is 0.379 e. The fraction of sp³-hybridized carbons (Fsp3) is 0.846. The van der Waals surface area contributed by atoms with Crippen molar-refractivity contribution in [2.45, 2.75) is 69.5 Å². The van der Waals surface area contributed by atoms with Crippen molar-refractivity contribution in [2.24, 2.45) is 0 Å². The number of aliphatic hydroxyl groups excluding tert-OH is 1. The van der Waals surface area contributed by atoms with Crippen LogP contribution in [0.5, 0.6) is 0 Å². The first-order valence-electron chi connectivity index (χ1n) is 7.38. The first kappa shape index (κ1) is 18.1. The minimum atomic E-state index is -3.25. The van der Waals surface area contributed by atoms with Crippen LogP contribution in [0.15, 0.2) is 11.6 Å². The van der Waals surface area contributed by atoms with E-state index in [1.54, 1.807) is 0 Å². The highest BCUT2D eigenvalue weighted by molar-refractivity contribution is 8.23. The van der Waals surface area contributed by atoms with Gasteiger partial charge >= 0.3 is 0 Å². The second-order valence-corrected chi connectivity index (χ2v) is 8.47. The van der Waals surface area contributed by atoms with Crippen LogP contribution in [0, 0.1) is 0 Å². The normalized spacial score (nSPS) is 21.1. The van der Waals surface area contributed by atoms with Gasteiger partial charge in [-0.3, -0.25) is 0 Å². The minimum Gasteiger partial charge on any atom is -0.379 e. The summed E-state index contributed by atoms with van der Waals surface area (Å²) in [5.41, 5.74) is 0.209. The second kappa shape index (κ2) is 9.13. The molecule has 0 bridgehead atoms. The van der Waals surface area contributed by atoms with Crippen molar-refractivity contribution in [1.29, 1.82) is 0 Å². The smallest absolute Gasteiger partial charge is 0.289 e. The molecule has 0 aliphatic heterocycles. The first-order chi connectivity index (χ1) is 9.47. The maximum absolute atomic E-state index is 12.3. The van der Waals surface area contributed by atoms with Gasteiger partial charge in [-0.05, 0) is 32.3 Å². The van der Waals surface area contributed by atoms with Crippen LogP contribution in [0.1, 0.15) is 58.8 Å². The molecule has 0 aromatic carbocycles. The first-order valence-corrected chi connectivity index (χ1v) is 9.98. The van der Waals surface area contributed by atoms with E-state index in [1.807, 2.05) is 19.9 Å². The van der Waals surface area contributed by atoms with Gasteiger partial charge < -0.3 is 5.11 Å². The van der Waals surface area contributed by atoms with Crippen molar-refractivity contribution in [2.75, 3.05) is 0 Å². The predicted molar refractivity (Wildman–Crippen MR) is 88.3 cm³/mol. The zero-order valence-electron chi connectivity index (χ0n) is 12.5. The molecule has 7 heteroatoms. The molecule has 1 fully saturated rings. The summed E-state index contributed by atoms with van der Waals surface area (Å²) >= 11 is 1.21. The highest BCUT2D eigenvalue weighted by atomic mass is 32.2. The minimum absolute atomic E-state index is 0.227. The molecule has 0 aromatic heterocycles. The van der Waals surface area contributed by atoms with E-state index in [1.165, 1.54) is 18.0 Å². The Labute approximate surface area is 128 Å². The van der Waals surface area contributed by atoms with Gasteiger partial charge in [0.25, 0.3) is 6.69 Å². The van der Waals surface area contributed by atoms with Crippen LogP contribution in [0.3, 0.4) is 0 Å². The van der Waals surface area contributed by atoms with Crippen LogP contribution in [0.25, 0.3) is 0 Å².